The van der Waals surface area contributed by atoms with E-state index < -0.39 is 78.0 Å². The van der Waals surface area contributed by atoms with E-state index in [9.17, 15) is 38.4 Å². The van der Waals surface area contributed by atoms with Crippen LogP contribution in [-0.2, 0) is 41.6 Å². The summed E-state index contributed by atoms with van der Waals surface area (Å²) < 4.78 is 0. The monoisotopic (exact) mass is 1070 g/mol. The number of benzene rings is 3. The van der Waals surface area contributed by atoms with Crippen molar-refractivity contribution in [2.45, 2.75) is 88.8 Å². The Balaban J connectivity index is 0.000000371. The van der Waals surface area contributed by atoms with E-state index in [4.69, 9.17) is 69.5 Å². The number of hydrogen-bond donors (Lipinski definition) is 19. The predicted molar refractivity (Wildman–Crippen MR) is 279 cm³/mol. The Labute approximate surface area is 433 Å². The maximum Gasteiger partial charge on any atom is 0.326 e. The number of phenols is 1. The van der Waals surface area contributed by atoms with Gasteiger partial charge >= 0.3 is 35.8 Å². The Bertz CT molecular complexity index is 2750. The summed E-state index contributed by atoms with van der Waals surface area (Å²) in [7, 11) is 0. The summed E-state index contributed by atoms with van der Waals surface area (Å²) in [4.78, 5) is 96.6. The van der Waals surface area contributed by atoms with Crippen molar-refractivity contribution in [2.75, 3.05) is 34.8 Å². The number of aromatic hydroxyl groups is 1. The average molecular weight is 1070 g/mol. The molecule has 1 aliphatic heterocycles. The third-order valence-electron chi connectivity index (χ3n) is 10.7. The van der Waals surface area contributed by atoms with Gasteiger partial charge < -0.3 is 95.8 Å². The Kier molecular flexibility index (Phi) is 25.8. The van der Waals surface area contributed by atoms with Crippen molar-refractivity contribution in [2.24, 2.45) is 28.9 Å². The molecule has 76 heavy (non-hydrogen) atoms. The number of aromatic amines is 2. The number of phenolic OH excluding ortho intramolecular Hbond substituents is 1. The van der Waals surface area contributed by atoms with E-state index in [1.165, 1.54) is 31.2 Å². The second kappa shape index (κ2) is 31.0. The number of para-hydroxylation sites is 1. The lowest BCUT2D eigenvalue weighted by atomic mass is 10.1. The number of nitrogens with two attached hydrogens (primary N) is 5. The molecule has 28 heteroatoms. The van der Waals surface area contributed by atoms with Crippen molar-refractivity contribution in [3.05, 3.63) is 106 Å². The van der Waals surface area contributed by atoms with Gasteiger partial charge in [0.15, 0.2) is 5.82 Å². The van der Waals surface area contributed by atoms with E-state index in [-0.39, 0.29) is 54.0 Å². The van der Waals surface area contributed by atoms with Gasteiger partial charge in [0.1, 0.15) is 41.6 Å². The minimum atomic E-state index is -1.30. The summed E-state index contributed by atoms with van der Waals surface area (Å²) >= 11 is 0. The highest BCUT2D eigenvalue weighted by Crippen LogP contribution is 2.21. The van der Waals surface area contributed by atoms with Gasteiger partial charge in [-0.1, -0.05) is 44.2 Å². The molecule has 1 amide bonds. The highest BCUT2D eigenvalue weighted by atomic mass is 16.4. The van der Waals surface area contributed by atoms with E-state index in [1.54, 1.807) is 38.1 Å². The van der Waals surface area contributed by atoms with Crippen LogP contribution in [0.3, 0.4) is 0 Å². The van der Waals surface area contributed by atoms with Crippen LogP contribution >= 0.6 is 0 Å². The van der Waals surface area contributed by atoms with Crippen LogP contribution in [0.4, 0.5) is 23.1 Å². The number of H-pyrrole nitrogens is 2. The van der Waals surface area contributed by atoms with E-state index in [0.717, 1.165) is 22.0 Å². The van der Waals surface area contributed by atoms with Gasteiger partial charge in [-0.2, -0.15) is 4.98 Å². The van der Waals surface area contributed by atoms with Crippen LogP contribution in [-0.4, -0.2) is 153 Å². The number of nitrogen functional groups attached to an aromatic ring is 1. The smallest absolute Gasteiger partial charge is 0.326 e. The molecule has 0 spiro atoms. The van der Waals surface area contributed by atoms with Crippen LogP contribution in [0.2, 0.25) is 0 Å². The van der Waals surface area contributed by atoms with Crippen molar-refractivity contribution in [3.8, 4) is 5.75 Å². The van der Waals surface area contributed by atoms with Crippen LogP contribution < -0.4 is 55.5 Å². The molecule has 414 valence electrons. The Morgan fingerprint density at radius 2 is 1.33 bits per heavy atom. The average Bonchev–Trinajstić information content (AvgIpc) is 3.77. The molecular weight excluding hydrogens is 1000 g/mol. The van der Waals surface area contributed by atoms with Gasteiger partial charge in [-0.05, 0) is 79.3 Å². The molecule has 24 N–H and O–H groups in total. The number of nitrogens with zero attached hydrogens (tertiary/aromatic N) is 1. The highest BCUT2D eigenvalue weighted by Gasteiger charge is 2.24. The number of rotatable bonds is 19. The molecule has 1 aliphatic rings. The van der Waals surface area contributed by atoms with E-state index in [0.29, 0.717) is 36.7 Å². The van der Waals surface area contributed by atoms with E-state index >= 15 is 0 Å². The quantitative estimate of drug-likeness (QED) is 0.0518. The Morgan fingerprint density at radius 3 is 1.83 bits per heavy atom. The summed E-state index contributed by atoms with van der Waals surface area (Å²) in [5, 5.41) is 81.5. The third kappa shape index (κ3) is 22.1. The molecule has 0 aliphatic carbocycles. The molecule has 0 radical (unpaired) electrons. The van der Waals surface area contributed by atoms with Gasteiger partial charge in [0.05, 0.1) is 12.1 Å². The number of carboxylic acids is 6. The number of anilines is 4. The fourth-order valence-corrected chi connectivity index (χ4v) is 6.19. The third-order valence-corrected chi connectivity index (χ3v) is 10.7. The SMILES string of the molecule is CC(C)[C@H](N)C(=O)O.C[C@@H](O)[C@H](N)C(=O)O.N[C@@H](Cc1c[nH]c2ccccc12)C(=O)O.N[C@@H](Cc1ccc(O)cc1)C(=O)O.Nc1nc2c(c(=O)[nH]1)NC(CNc1ccc(C(=O)N[C@@H](CCC(=O)O)C(=O)O)cc1)CN2. The topological polar surface area (TPSA) is 521 Å². The molecule has 3 aromatic carbocycles. The second-order valence-electron chi connectivity index (χ2n) is 17.2. The number of fused-ring (bicyclic) bond motifs is 2. The summed E-state index contributed by atoms with van der Waals surface area (Å²) in [5.74, 6) is -6.56. The molecule has 6 rings (SSSR count). The molecule has 7 atom stereocenters. The molecule has 2 aromatic heterocycles. The first-order valence-electron chi connectivity index (χ1n) is 23.1. The van der Waals surface area contributed by atoms with E-state index in [2.05, 4.69) is 36.2 Å². The number of hydrogen-bond acceptors (Lipinski definition) is 19. The maximum absolute atomic E-state index is 12.3. The minimum Gasteiger partial charge on any atom is -0.508 e. The molecule has 3 heterocycles. The van der Waals surface area contributed by atoms with Gasteiger partial charge in [-0.3, -0.25) is 38.5 Å². The molecular formula is C48H66N12O16. The van der Waals surface area contributed by atoms with Crippen LogP contribution in [0.25, 0.3) is 10.9 Å². The predicted octanol–water partition coefficient (Wildman–Crippen LogP) is 0.0203. The van der Waals surface area contributed by atoms with Crippen LogP contribution in [0.15, 0.2) is 83.8 Å². The summed E-state index contributed by atoms with van der Waals surface area (Å²) in [6.07, 6.45) is 0.867. The van der Waals surface area contributed by atoms with Gasteiger partial charge in [-0.25, -0.2) is 4.79 Å². The van der Waals surface area contributed by atoms with Crippen molar-refractivity contribution >= 4 is 75.8 Å². The summed E-state index contributed by atoms with van der Waals surface area (Å²) in [5.41, 5.74) is 30.0. The van der Waals surface area contributed by atoms with E-state index in [1.807, 2.05) is 30.5 Å². The molecule has 1 unspecified atom stereocenters. The molecule has 0 fully saturated rings. The number of aromatic nitrogens is 3. The highest BCUT2D eigenvalue weighted by molar-refractivity contribution is 5.97. The summed E-state index contributed by atoms with van der Waals surface area (Å²) in [6, 6.07) is 15.4. The first-order valence-corrected chi connectivity index (χ1v) is 23.1. The van der Waals surface area contributed by atoms with Crippen LogP contribution in [0.5, 0.6) is 5.75 Å². The molecule has 0 saturated carbocycles. The fraction of sp³-hybridized carbons (Fsp3) is 0.354. The number of carbonyl (C=O) groups excluding carboxylic acids is 1. The standard InChI is InChI=1S/C19H23N7O6.C11H12N2O2.C9H11NO3.C5H11NO2.C4H9NO3/c20-19-25-15-14(17(30)26-19)23-11(8-22-15)7-21-10-3-1-9(2-4-10)16(29)24-12(18(31)32)5-6-13(27)28;12-9(11(14)15)5-7-6-13-10-4-2-1-3-8(7)10;10-8(9(12)13)5-6-1-3-7(11)4-2-6;1-3(2)4(6)5(7)8;1-2(6)3(5)4(7)8/h1-4,11-12,21,23H,5-8H2,(H,24,29)(H,27,28)(H,31,32)(H4,20,22,25,26,30);1-4,6,9,13H,5,12H2,(H,14,15);1-4,8,11H,5,10H2,(H,12,13);3-4H,6H2,1-2H3,(H,7,8);2-3,6H,5H2,1H3,(H,7,8)/t11?,12-;9-;8-;4-;2-,3+/m00001/s1. The minimum absolute atomic E-state index is 0.0208. The molecule has 5 aromatic rings. The number of aliphatic hydroxyl groups is 1. The molecule has 0 saturated heterocycles. The zero-order chi connectivity index (χ0) is 57.4. The Morgan fingerprint density at radius 1 is 0.750 bits per heavy atom. The molecule has 0 bridgehead atoms. The number of amides is 1. The van der Waals surface area contributed by atoms with Crippen molar-refractivity contribution in [1.82, 2.24) is 20.3 Å². The van der Waals surface area contributed by atoms with Gasteiger partial charge in [0.2, 0.25) is 5.95 Å². The van der Waals surface area contributed by atoms with Crippen molar-refractivity contribution in [1.29, 1.82) is 0 Å². The maximum atomic E-state index is 12.3. The number of nitrogens with one attached hydrogen (secondary N) is 6. The number of carbonyl (C=O) groups is 7. The largest absolute Gasteiger partial charge is 0.508 e. The summed E-state index contributed by atoms with van der Waals surface area (Å²) in [6.45, 7) is 5.84. The van der Waals surface area contributed by atoms with Crippen molar-refractivity contribution in [3.63, 3.8) is 0 Å². The van der Waals surface area contributed by atoms with Gasteiger partial charge in [-0.15, -0.1) is 0 Å². The lowest BCUT2D eigenvalue weighted by Crippen LogP contribution is -2.41. The number of carboxylic acid groups (broad SMARTS) is 6. The lowest BCUT2D eigenvalue weighted by Gasteiger charge is -2.27. The normalized spacial score (nSPS) is 14.5. The molecule has 28 nitrogen and oxygen atoms in total. The van der Waals surface area contributed by atoms with Gasteiger partial charge in [0, 0.05) is 54.3 Å². The van der Waals surface area contributed by atoms with Crippen LogP contribution in [0.1, 0.15) is 55.1 Å². The van der Waals surface area contributed by atoms with Crippen LogP contribution in [0, 0.1) is 5.92 Å². The zero-order valence-corrected chi connectivity index (χ0v) is 41.5. The second-order valence-corrected chi connectivity index (χ2v) is 17.2. The number of aliphatic carboxylic acids is 6. The number of aliphatic hydroxyl groups excluding tert-OH is 1. The Hall–Kier alpha value is -8.83. The first-order chi connectivity index (χ1) is 35.6. The van der Waals surface area contributed by atoms with Gasteiger partial charge in [0.25, 0.3) is 11.5 Å². The lowest BCUT2D eigenvalue weighted by molar-refractivity contribution is -0.142. The van der Waals surface area contributed by atoms with Crippen molar-refractivity contribution < 1.29 is 74.4 Å². The zero-order valence-electron chi connectivity index (χ0n) is 41.5. The fourth-order valence-electron chi connectivity index (χ4n) is 6.19. The first kappa shape index (κ1) is 63.3.